The molecule has 4 nitrogen and oxygen atoms in total. The molecule has 0 aliphatic rings. The van der Waals surface area contributed by atoms with Gasteiger partial charge in [-0.2, -0.15) is 0 Å². The average Bonchev–Trinajstić information content (AvgIpc) is 2.06. The Morgan fingerprint density at radius 3 is 2.47 bits per heavy atom. The van der Waals surface area contributed by atoms with Gasteiger partial charge in [-0.3, -0.25) is 0 Å². The number of nitrogens with zero attached hydrogens (tertiary/aromatic N) is 1. The quantitative estimate of drug-likeness (QED) is 0.670. The molecular formula is C6H4BrClF2N2O2S. The van der Waals surface area contributed by atoms with Gasteiger partial charge in [-0.15, -0.1) is 0 Å². The van der Waals surface area contributed by atoms with E-state index >= 15 is 0 Å². The molecule has 15 heavy (non-hydrogen) atoms. The summed E-state index contributed by atoms with van der Waals surface area (Å²) >= 11 is 2.82. The Kier molecular flexibility index (Phi) is 3.51. The van der Waals surface area contributed by atoms with Crippen molar-refractivity contribution in [1.82, 2.24) is 4.98 Å². The van der Waals surface area contributed by atoms with Crippen molar-refractivity contribution in [3.8, 4) is 0 Å². The Balaban J connectivity index is 3.65. The van der Waals surface area contributed by atoms with Gasteiger partial charge in [-0.05, 0) is 15.9 Å². The zero-order valence-corrected chi connectivity index (χ0v) is 10.1. The highest BCUT2D eigenvalue weighted by Crippen LogP contribution is 2.35. The summed E-state index contributed by atoms with van der Waals surface area (Å²) in [5.41, 5.74) is 4.06. The van der Waals surface area contributed by atoms with E-state index in [0.29, 0.717) is 6.20 Å². The van der Waals surface area contributed by atoms with E-state index in [2.05, 4.69) is 20.9 Å². The van der Waals surface area contributed by atoms with Crippen molar-refractivity contribution in [2.45, 2.75) is 11.3 Å². The smallest absolute Gasteiger partial charge is 0.266 e. The molecule has 9 heteroatoms. The number of halogens is 4. The number of aromatic nitrogens is 1. The van der Waals surface area contributed by atoms with Crippen LogP contribution in [0, 0.1) is 0 Å². The van der Waals surface area contributed by atoms with Gasteiger partial charge in [-0.1, -0.05) is 0 Å². The van der Waals surface area contributed by atoms with Crippen LogP contribution in [0.3, 0.4) is 0 Å². The first-order valence-corrected chi connectivity index (χ1v) is 6.52. The lowest BCUT2D eigenvalue weighted by atomic mass is 10.3. The van der Waals surface area contributed by atoms with Crippen LogP contribution in [-0.2, 0) is 9.05 Å². The van der Waals surface area contributed by atoms with Crippen molar-refractivity contribution in [1.29, 1.82) is 0 Å². The van der Waals surface area contributed by atoms with Crippen molar-refractivity contribution >= 4 is 41.4 Å². The molecule has 0 bridgehead atoms. The van der Waals surface area contributed by atoms with E-state index in [1.807, 2.05) is 0 Å². The van der Waals surface area contributed by atoms with Crippen LogP contribution < -0.4 is 5.73 Å². The van der Waals surface area contributed by atoms with Crippen molar-refractivity contribution in [2.24, 2.45) is 0 Å². The van der Waals surface area contributed by atoms with Crippen LogP contribution in [0.15, 0.2) is 15.7 Å². The molecule has 2 N–H and O–H groups in total. The fourth-order valence-electron chi connectivity index (χ4n) is 0.931. The third-order valence-corrected chi connectivity index (χ3v) is 3.56. The number of alkyl halides is 2. The van der Waals surface area contributed by atoms with E-state index in [0.717, 1.165) is 0 Å². The minimum Gasteiger partial charge on any atom is -0.395 e. The summed E-state index contributed by atoms with van der Waals surface area (Å²) in [6, 6.07) is 0. The number of nitrogens with two attached hydrogens (primary N) is 1. The standard InChI is InChI=1S/C6H4BrClF2N2O2S/c7-5-3(11)4(15(8,13)14)2(1-12-5)6(9)10/h1,6H,11H2. The SMILES string of the molecule is Nc1c(Br)ncc(C(F)F)c1S(=O)(=O)Cl. The second-order valence-corrected chi connectivity index (χ2v) is 5.74. The highest BCUT2D eigenvalue weighted by atomic mass is 79.9. The van der Waals surface area contributed by atoms with E-state index in [9.17, 15) is 17.2 Å². The van der Waals surface area contributed by atoms with Gasteiger partial charge in [0.2, 0.25) is 0 Å². The van der Waals surface area contributed by atoms with Gasteiger partial charge < -0.3 is 5.73 Å². The summed E-state index contributed by atoms with van der Waals surface area (Å²) in [7, 11) is 0.661. The normalized spacial score (nSPS) is 12.1. The van der Waals surface area contributed by atoms with E-state index < -0.39 is 31.6 Å². The van der Waals surface area contributed by atoms with Gasteiger partial charge >= 0.3 is 0 Å². The predicted molar refractivity (Wildman–Crippen MR) is 54.3 cm³/mol. The fraction of sp³-hybridized carbons (Fsp3) is 0.167. The molecule has 0 atom stereocenters. The molecule has 1 aromatic heterocycles. The maximum Gasteiger partial charge on any atom is 0.266 e. The predicted octanol–water partition coefficient (Wildman–Crippen LogP) is 2.29. The number of pyridine rings is 1. The second-order valence-electron chi connectivity index (χ2n) is 2.49. The van der Waals surface area contributed by atoms with Gasteiger partial charge in [0, 0.05) is 16.9 Å². The molecule has 1 heterocycles. The summed E-state index contributed by atoms with van der Waals surface area (Å²) in [5, 5.41) is 0. The Morgan fingerprint density at radius 2 is 2.07 bits per heavy atom. The van der Waals surface area contributed by atoms with Crippen LogP contribution in [0.4, 0.5) is 14.5 Å². The maximum atomic E-state index is 12.4. The Hall–Kier alpha value is -0.470. The minimum absolute atomic E-state index is 0.0499. The van der Waals surface area contributed by atoms with Gasteiger partial charge in [0.1, 0.15) is 9.50 Å². The van der Waals surface area contributed by atoms with E-state index in [4.69, 9.17) is 16.4 Å². The first-order valence-electron chi connectivity index (χ1n) is 3.42. The molecule has 1 aromatic rings. The molecule has 0 aliphatic carbocycles. The molecule has 0 radical (unpaired) electrons. The Labute approximate surface area is 97.0 Å². The van der Waals surface area contributed by atoms with Crippen molar-refractivity contribution in [3.63, 3.8) is 0 Å². The zero-order valence-electron chi connectivity index (χ0n) is 6.92. The lowest BCUT2D eigenvalue weighted by Gasteiger charge is -2.09. The van der Waals surface area contributed by atoms with Crippen molar-refractivity contribution in [3.05, 3.63) is 16.4 Å². The molecule has 0 amide bonds. The number of nitrogen functional groups attached to an aromatic ring is 1. The Bertz CT molecular complexity index is 494. The van der Waals surface area contributed by atoms with E-state index in [-0.39, 0.29) is 4.60 Å². The van der Waals surface area contributed by atoms with Gasteiger partial charge in [0.05, 0.1) is 11.3 Å². The maximum absolute atomic E-state index is 12.4. The lowest BCUT2D eigenvalue weighted by Crippen LogP contribution is -2.06. The minimum atomic E-state index is -4.33. The number of hydrogen-bond donors (Lipinski definition) is 1. The topological polar surface area (TPSA) is 73.0 Å². The zero-order chi connectivity index (χ0) is 11.8. The molecule has 0 spiro atoms. The molecule has 0 aliphatic heterocycles. The molecule has 0 aromatic carbocycles. The highest BCUT2D eigenvalue weighted by molar-refractivity contribution is 9.10. The molecular weight excluding hydrogens is 317 g/mol. The first kappa shape index (κ1) is 12.6. The number of hydrogen-bond acceptors (Lipinski definition) is 4. The van der Waals surface area contributed by atoms with Gasteiger partial charge in [-0.25, -0.2) is 22.2 Å². The first-order chi connectivity index (χ1) is 6.75. The lowest BCUT2D eigenvalue weighted by molar-refractivity contribution is 0.147. The fourth-order valence-corrected chi connectivity index (χ4v) is 2.66. The average molecular weight is 322 g/mol. The Morgan fingerprint density at radius 1 is 1.53 bits per heavy atom. The summed E-state index contributed by atoms with van der Waals surface area (Å²) in [6.45, 7) is 0. The van der Waals surface area contributed by atoms with E-state index in [1.54, 1.807) is 0 Å². The monoisotopic (exact) mass is 320 g/mol. The molecule has 84 valence electrons. The molecule has 0 saturated heterocycles. The highest BCUT2D eigenvalue weighted by Gasteiger charge is 2.26. The summed E-state index contributed by atoms with van der Waals surface area (Å²) in [6.07, 6.45) is -2.31. The van der Waals surface area contributed by atoms with Crippen LogP contribution in [0.25, 0.3) is 0 Å². The van der Waals surface area contributed by atoms with Crippen LogP contribution in [-0.4, -0.2) is 13.4 Å². The largest absolute Gasteiger partial charge is 0.395 e. The molecule has 0 fully saturated rings. The third kappa shape index (κ3) is 2.56. The van der Waals surface area contributed by atoms with Crippen LogP contribution in [0.2, 0.25) is 0 Å². The summed E-state index contributed by atoms with van der Waals surface area (Å²) < 4.78 is 46.9. The molecule has 1 rings (SSSR count). The van der Waals surface area contributed by atoms with Crippen LogP contribution in [0.1, 0.15) is 12.0 Å². The summed E-state index contributed by atoms with van der Waals surface area (Å²) in [5.74, 6) is 0. The number of rotatable bonds is 2. The third-order valence-electron chi connectivity index (χ3n) is 1.52. The van der Waals surface area contributed by atoms with E-state index in [1.165, 1.54) is 0 Å². The van der Waals surface area contributed by atoms with Gasteiger partial charge in [0.25, 0.3) is 15.5 Å². The van der Waals surface area contributed by atoms with Crippen LogP contribution >= 0.6 is 26.6 Å². The van der Waals surface area contributed by atoms with Crippen LogP contribution in [0.5, 0.6) is 0 Å². The molecule has 0 saturated carbocycles. The second kappa shape index (κ2) is 4.18. The van der Waals surface area contributed by atoms with Crippen molar-refractivity contribution < 1.29 is 17.2 Å². The van der Waals surface area contributed by atoms with Gasteiger partial charge in [0.15, 0.2) is 0 Å². The summed E-state index contributed by atoms with van der Waals surface area (Å²) in [4.78, 5) is 2.66. The number of anilines is 1. The van der Waals surface area contributed by atoms with Crippen molar-refractivity contribution in [2.75, 3.05) is 5.73 Å². The molecule has 0 unspecified atom stereocenters.